The van der Waals surface area contributed by atoms with Crippen LogP contribution in [0, 0.1) is 11.8 Å². The van der Waals surface area contributed by atoms with Crippen molar-refractivity contribution in [3.05, 3.63) is 47.6 Å². The topological polar surface area (TPSA) is 40.5 Å². The first-order valence-electron chi connectivity index (χ1n) is 8.82. The molecule has 0 amide bonds. The van der Waals surface area contributed by atoms with Gasteiger partial charge < -0.3 is 10.2 Å². The van der Waals surface area contributed by atoms with Gasteiger partial charge in [0.2, 0.25) is 0 Å². The van der Waals surface area contributed by atoms with E-state index in [0.29, 0.717) is 11.5 Å². The van der Waals surface area contributed by atoms with E-state index >= 15 is 0 Å². The number of hydrogen-bond donors (Lipinski definition) is 2. The standard InChI is InChI=1S/C21H30O2/c1-5-6-7-8-16-12-19(22)21(20(23)13-16)17-10-9-15(4)11-18(17)14(2)3/h9-10,12-13,15,17-18,22-23H,2,5-8,11H2,1,3-4H3. The molecule has 0 fully saturated rings. The summed E-state index contributed by atoms with van der Waals surface area (Å²) in [6.45, 7) is 10.5. The zero-order valence-corrected chi connectivity index (χ0v) is 14.7. The highest BCUT2D eigenvalue weighted by atomic mass is 16.3. The van der Waals surface area contributed by atoms with Gasteiger partial charge in [-0.15, -0.1) is 0 Å². The van der Waals surface area contributed by atoms with Gasteiger partial charge >= 0.3 is 0 Å². The van der Waals surface area contributed by atoms with Crippen LogP contribution in [0.3, 0.4) is 0 Å². The van der Waals surface area contributed by atoms with Gasteiger partial charge in [-0.2, -0.15) is 0 Å². The summed E-state index contributed by atoms with van der Waals surface area (Å²) >= 11 is 0. The Bertz CT molecular complexity index is 562. The molecule has 3 unspecified atom stereocenters. The number of aromatic hydroxyl groups is 2. The third-order valence-corrected chi connectivity index (χ3v) is 4.94. The van der Waals surface area contributed by atoms with Crippen LogP contribution in [0.1, 0.15) is 63.5 Å². The number of phenols is 2. The number of unbranched alkanes of at least 4 members (excludes halogenated alkanes) is 2. The molecular formula is C21H30O2. The van der Waals surface area contributed by atoms with Gasteiger partial charge in [-0.1, -0.05) is 51.0 Å². The van der Waals surface area contributed by atoms with Gasteiger partial charge in [-0.25, -0.2) is 0 Å². The second-order valence-corrected chi connectivity index (χ2v) is 7.08. The Hall–Kier alpha value is -1.70. The maximum atomic E-state index is 10.5. The molecule has 1 aromatic rings. The first-order chi connectivity index (χ1) is 10.9. The van der Waals surface area contributed by atoms with E-state index in [1.807, 2.05) is 19.1 Å². The van der Waals surface area contributed by atoms with Crippen LogP contribution < -0.4 is 0 Å². The molecule has 0 saturated heterocycles. The molecule has 2 nitrogen and oxygen atoms in total. The van der Waals surface area contributed by atoms with Crippen molar-refractivity contribution >= 4 is 0 Å². The average molecular weight is 314 g/mol. The number of allylic oxidation sites excluding steroid dienone is 3. The van der Waals surface area contributed by atoms with Crippen molar-refractivity contribution < 1.29 is 10.2 Å². The molecule has 0 saturated carbocycles. The molecule has 0 bridgehead atoms. The van der Waals surface area contributed by atoms with E-state index in [0.717, 1.165) is 30.4 Å². The highest BCUT2D eigenvalue weighted by Gasteiger charge is 2.30. The van der Waals surface area contributed by atoms with E-state index in [1.54, 1.807) is 0 Å². The van der Waals surface area contributed by atoms with E-state index in [1.165, 1.54) is 12.8 Å². The lowest BCUT2D eigenvalue weighted by molar-refractivity contribution is 0.388. The lowest BCUT2D eigenvalue weighted by Gasteiger charge is -2.32. The second-order valence-electron chi connectivity index (χ2n) is 7.08. The summed E-state index contributed by atoms with van der Waals surface area (Å²) in [6.07, 6.45) is 9.64. The molecule has 0 heterocycles. The largest absolute Gasteiger partial charge is 0.507 e. The third-order valence-electron chi connectivity index (χ3n) is 4.94. The first kappa shape index (κ1) is 17.7. The smallest absolute Gasteiger partial charge is 0.123 e. The van der Waals surface area contributed by atoms with E-state index in [-0.39, 0.29) is 23.3 Å². The zero-order valence-electron chi connectivity index (χ0n) is 14.7. The lowest BCUT2D eigenvalue weighted by Crippen LogP contribution is -2.19. The van der Waals surface area contributed by atoms with Crippen molar-refractivity contribution in [3.8, 4) is 11.5 Å². The SMILES string of the molecule is C=C(C)C1CC(C)C=CC1c1c(O)cc(CCCCC)cc1O. The van der Waals surface area contributed by atoms with Crippen LogP contribution >= 0.6 is 0 Å². The van der Waals surface area contributed by atoms with E-state index in [2.05, 4.69) is 32.6 Å². The van der Waals surface area contributed by atoms with Crippen LogP contribution in [0.2, 0.25) is 0 Å². The van der Waals surface area contributed by atoms with Crippen LogP contribution in [-0.4, -0.2) is 10.2 Å². The maximum absolute atomic E-state index is 10.5. The predicted molar refractivity (Wildman–Crippen MR) is 97.0 cm³/mol. The number of hydrogen-bond acceptors (Lipinski definition) is 2. The first-order valence-corrected chi connectivity index (χ1v) is 8.82. The van der Waals surface area contributed by atoms with Crippen LogP contribution in [0.4, 0.5) is 0 Å². The van der Waals surface area contributed by atoms with Gasteiger partial charge in [-0.3, -0.25) is 0 Å². The Morgan fingerprint density at radius 1 is 1.17 bits per heavy atom. The minimum atomic E-state index is 0.00777. The summed E-state index contributed by atoms with van der Waals surface area (Å²) in [4.78, 5) is 0. The quantitative estimate of drug-likeness (QED) is 0.522. The molecule has 0 aromatic heterocycles. The monoisotopic (exact) mass is 314 g/mol. The Labute approximate surface area is 140 Å². The highest BCUT2D eigenvalue weighted by molar-refractivity contribution is 5.51. The fourth-order valence-electron chi connectivity index (χ4n) is 3.62. The Kier molecular flexibility index (Phi) is 5.92. The van der Waals surface area contributed by atoms with Gasteiger partial charge in [0.15, 0.2) is 0 Å². The van der Waals surface area contributed by atoms with Crippen molar-refractivity contribution in [3.63, 3.8) is 0 Å². The number of rotatable bonds is 6. The fourth-order valence-corrected chi connectivity index (χ4v) is 3.62. The van der Waals surface area contributed by atoms with Crippen LogP contribution in [-0.2, 0) is 6.42 Å². The molecule has 0 radical (unpaired) electrons. The Morgan fingerprint density at radius 2 is 1.83 bits per heavy atom. The normalized spacial score (nSPS) is 23.9. The second kappa shape index (κ2) is 7.72. The van der Waals surface area contributed by atoms with E-state index in [9.17, 15) is 10.2 Å². The molecule has 2 heteroatoms. The molecule has 2 rings (SSSR count). The highest BCUT2D eigenvalue weighted by Crippen LogP contribution is 2.46. The van der Waals surface area contributed by atoms with Crippen molar-refractivity contribution in [1.82, 2.24) is 0 Å². The summed E-state index contributed by atoms with van der Waals surface area (Å²) in [5.74, 6) is 1.20. The molecule has 0 spiro atoms. The van der Waals surface area contributed by atoms with Gasteiger partial charge in [0.25, 0.3) is 0 Å². The Balaban J connectivity index is 2.31. The Morgan fingerprint density at radius 3 is 2.39 bits per heavy atom. The summed E-state index contributed by atoms with van der Waals surface area (Å²) < 4.78 is 0. The van der Waals surface area contributed by atoms with Gasteiger partial charge in [0, 0.05) is 11.5 Å². The predicted octanol–water partition coefficient (Wildman–Crippen LogP) is 5.70. The van der Waals surface area contributed by atoms with Crippen LogP contribution in [0.15, 0.2) is 36.4 Å². The summed E-state index contributed by atoms with van der Waals surface area (Å²) in [5.41, 5.74) is 2.77. The average Bonchev–Trinajstić information content (AvgIpc) is 2.48. The molecule has 1 aliphatic rings. The molecule has 3 atom stereocenters. The van der Waals surface area contributed by atoms with Crippen molar-refractivity contribution in [2.75, 3.05) is 0 Å². The van der Waals surface area contributed by atoms with Gasteiger partial charge in [0.1, 0.15) is 11.5 Å². The van der Waals surface area contributed by atoms with Crippen molar-refractivity contribution in [2.45, 2.75) is 58.8 Å². The maximum Gasteiger partial charge on any atom is 0.123 e. The van der Waals surface area contributed by atoms with E-state index < -0.39 is 0 Å². The third kappa shape index (κ3) is 4.19. The van der Waals surface area contributed by atoms with Crippen LogP contribution in [0.25, 0.3) is 0 Å². The summed E-state index contributed by atoms with van der Waals surface area (Å²) in [5, 5.41) is 21.0. The lowest BCUT2D eigenvalue weighted by atomic mass is 9.73. The number of aryl methyl sites for hydroxylation is 1. The molecule has 1 aromatic carbocycles. The van der Waals surface area contributed by atoms with Gasteiger partial charge in [0.05, 0.1) is 0 Å². The number of phenolic OH excluding ortho intramolecular Hbond substituents is 2. The molecule has 2 N–H and O–H groups in total. The molecule has 23 heavy (non-hydrogen) atoms. The molecule has 1 aliphatic carbocycles. The number of benzene rings is 1. The van der Waals surface area contributed by atoms with Crippen molar-refractivity contribution in [1.29, 1.82) is 0 Å². The zero-order chi connectivity index (χ0) is 17.0. The molecular weight excluding hydrogens is 284 g/mol. The molecule has 126 valence electrons. The summed E-state index contributed by atoms with van der Waals surface area (Å²) in [6, 6.07) is 3.65. The molecule has 0 aliphatic heterocycles. The minimum absolute atomic E-state index is 0.00777. The summed E-state index contributed by atoms with van der Waals surface area (Å²) in [7, 11) is 0. The minimum Gasteiger partial charge on any atom is -0.507 e. The van der Waals surface area contributed by atoms with Crippen LogP contribution in [0.5, 0.6) is 11.5 Å². The van der Waals surface area contributed by atoms with Crippen molar-refractivity contribution in [2.24, 2.45) is 11.8 Å². The fraction of sp³-hybridized carbons (Fsp3) is 0.524. The van der Waals surface area contributed by atoms with E-state index in [4.69, 9.17) is 0 Å². The van der Waals surface area contributed by atoms with Gasteiger partial charge in [-0.05, 0) is 55.7 Å².